The molecule has 4 rings (SSSR count). The van der Waals surface area contributed by atoms with Crippen molar-refractivity contribution in [1.82, 2.24) is 20.1 Å². The lowest BCUT2D eigenvalue weighted by atomic mass is 10.1. The van der Waals surface area contributed by atoms with E-state index in [2.05, 4.69) is 31.3 Å². The Hall–Kier alpha value is -2.78. The standard InChI is InChI=1S/C22H23BrFN5O2/c1-29-11-15(10-27-29)14-7-17(21(25)26-9-14)22(30)28-19-3-2-4-20(19)31-12-13-5-6-16(23)8-18(13)24/h5-11,19-20H,2-4,12H2,1H3,(H2,25,26)(H,28,30). The molecule has 2 heterocycles. The van der Waals surface area contributed by atoms with Crippen LogP contribution >= 0.6 is 15.9 Å². The fourth-order valence-corrected chi connectivity index (χ4v) is 4.09. The summed E-state index contributed by atoms with van der Waals surface area (Å²) in [7, 11) is 1.82. The van der Waals surface area contributed by atoms with Crippen LogP contribution in [0.15, 0.2) is 47.3 Å². The minimum atomic E-state index is -0.320. The van der Waals surface area contributed by atoms with Gasteiger partial charge in [-0.2, -0.15) is 5.10 Å². The van der Waals surface area contributed by atoms with Gasteiger partial charge in [-0.15, -0.1) is 0 Å². The summed E-state index contributed by atoms with van der Waals surface area (Å²) >= 11 is 3.25. The number of nitrogen functional groups attached to an aromatic ring is 1. The van der Waals surface area contributed by atoms with Gasteiger partial charge in [-0.05, 0) is 37.5 Å². The Morgan fingerprint density at radius 1 is 1.32 bits per heavy atom. The highest BCUT2D eigenvalue weighted by atomic mass is 79.9. The van der Waals surface area contributed by atoms with E-state index in [9.17, 15) is 9.18 Å². The molecule has 0 spiro atoms. The highest BCUT2D eigenvalue weighted by Crippen LogP contribution is 2.26. The van der Waals surface area contributed by atoms with E-state index in [1.807, 2.05) is 13.2 Å². The number of nitrogens with two attached hydrogens (primary N) is 1. The zero-order valence-corrected chi connectivity index (χ0v) is 18.6. The van der Waals surface area contributed by atoms with Crippen molar-refractivity contribution < 1.29 is 13.9 Å². The van der Waals surface area contributed by atoms with Crippen LogP contribution in [0.3, 0.4) is 0 Å². The maximum Gasteiger partial charge on any atom is 0.255 e. The lowest BCUT2D eigenvalue weighted by Gasteiger charge is -2.22. The van der Waals surface area contributed by atoms with Crippen LogP contribution in [0.25, 0.3) is 11.1 Å². The maximum atomic E-state index is 14.1. The molecule has 1 aromatic carbocycles. The van der Waals surface area contributed by atoms with Gasteiger partial charge in [0.1, 0.15) is 11.6 Å². The summed E-state index contributed by atoms with van der Waals surface area (Å²) in [6.07, 6.45) is 7.48. The van der Waals surface area contributed by atoms with Crippen LogP contribution in [0.1, 0.15) is 35.2 Å². The molecule has 9 heteroatoms. The predicted octanol–water partition coefficient (Wildman–Crippen LogP) is 3.83. The molecule has 2 atom stereocenters. The van der Waals surface area contributed by atoms with E-state index in [1.165, 1.54) is 6.07 Å². The first-order chi connectivity index (χ1) is 14.9. The molecule has 1 aliphatic rings. The second-order valence-electron chi connectivity index (χ2n) is 7.66. The minimum absolute atomic E-state index is 0.149. The van der Waals surface area contributed by atoms with Gasteiger partial charge in [0.2, 0.25) is 0 Å². The topological polar surface area (TPSA) is 95.1 Å². The largest absolute Gasteiger partial charge is 0.383 e. The van der Waals surface area contributed by atoms with Crippen molar-refractivity contribution >= 4 is 27.7 Å². The molecule has 1 saturated carbocycles. The van der Waals surface area contributed by atoms with Crippen LogP contribution in [0.5, 0.6) is 0 Å². The fourth-order valence-electron chi connectivity index (χ4n) is 3.76. The number of amides is 1. The number of benzene rings is 1. The first kappa shape index (κ1) is 21.5. The number of halogens is 2. The molecule has 0 aliphatic heterocycles. The summed E-state index contributed by atoms with van der Waals surface area (Å²) in [4.78, 5) is 17.1. The molecular weight excluding hydrogens is 465 g/mol. The van der Waals surface area contributed by atoms with Crippen LogP contribution in [0.2, 0.25) is 0 Å². The molecular formula is C22H23BrFN5O2. The molecule has 3 N–H and O–H groups in total. The zero-order valence-electron chi connectivity index (χ0n) is 17.0. The average Bonchev–Trinajstić information content (AvgIpc) is 3.36. The van der Waals surface area contributed by atoms with Crippen molar-refractivity contribution in [3.8, 4) is 11.1 Å². The van der Waals surface area contributed by atoms with Crippen molar-refractivity contribution in [3.63, 3.8) is 0 Å². The van der Waals surface area contributed by atoms with Gasteiger partial charge >= 0.3 is 0 Å². The van der Waals surface area contributed by atoms with E-state index < -0.39 is 0 Å². The number of nitrogens with one attached hydrogen (secondary N) is 1. The van der Waals surface area contributed by atoms with Crippen LogP contribution in [-0.4, -0.2) is 32.8 Å². The Labute approximate surface area is 187 Å². The van der Waals surface area contributed by atoms with E-state index in [0.29, 0.717) is 15.6 Å². The number of anilines is 1. The number of ether oxygens (including phenoxy) is 1. The molecule has 3 aromatic rings. The van der Waals surface area contributed by atoms with Gasteiger partial charge in [-0.25, -0.2) is 9.37 Å². The van der Waals surface area contributed by atoms with E-state index in [0.717, 1.165) is 30.4 Å². The summed E-state index contributed by atoms with van der Waals surface area (Å²) in [5.41, 5.74) is 8.38. The highest BCUT2D eigenvalue weighted by Gasteiger charge is 2.30. The summed E-state index contributed by atoms with van der Waals surface area (Å²) in [6, 6.07) is 6.43. The summed E-state index contributed by atoms with van der Waals surface area (Å²) < 4.78 is 22.4. The molecule has 31 heavy (non-hydrogen) atoms. The van der Waals surface area contributed by atoms with Gasteiger partial charge in [0, 0.05) is 40.6 Å². The maximum absolute atomic E-state index is 14.1. The van der Waals surface area contributed by atoms with E-state index in [1.54, 1.807) is 35.3 Å². The van der Waals surface area contributed by atoms with Gasteiger partial charge in [0.25, 0.3) is 5.91 Å². The Kier molecular flexibility index (Phi) is 6.33. The number of hydrogen-bond donors (Lipinski definition) is 2. The van der Waals surface area contributed by atoms with Crippen molar-refractivity contribution in [1.29, 1.82) is 0 Å². The highest BCUT2D eigenvalue weighted by molar-refractivity contribution is 9.10. The molecule has 1 aliphatic carbocycles. The number of aromatic nitrogens is 3. The second-order valence-corrected chi connectivity index (χ2v) is 8.57. The predicted molar refractivity (Wildman–Crippen MR) is 119 cm³/mol. The Morgan fingerprint density at radius 2 is 2.16 bits per heavy atom. The monoisotopic (exact) mass is 487 g/mol. The van der Waals surface area contributed by atoms with Gasteiger partial charge in [0.05, 0.1) is 30.5 Å². The van der Waals surface area contributed by atoms with E-state index >= 15 is 0 Å². The number of aryl methyl sites for hydroxylation is 1. The lowest BCUT2D eigenvalue weighted by molar-refractivity contribution is 0.0259. The number of rotatable bonds is 6. The molecule has 2 aromatic heterocycles. The normalized spacial score (nSPS) is 18.3. The molecule has 162 valence electrons. The lowest BCUT2D eigenvalue weighted by Crippen LogP contribution is -2.41. The van der Waals surface area contributed by atoms with Gasteiger partial charge in [0.15, 0.2) is 0 Å². The van der Waals surface area contributed by atoms with Crippen molar-refractivity contribution in [2.75, 3.05) is 5.73 Å². The molecule has 0 radical (unpaired) electrons. The Morgan fingerprint density at radius 3 is 2.90 bits per heavy atom. The SMILES string of the molecule is Cn1cc(-c2cnc(N)c(C(=O)NC3CCCC3OCc3ccc(Br)cc3F)c2)cn1. The summed E-state index contributed by atoms with van der Waals surface area (Å²) in [6.45, 7) is 0.149. The number of hydrogen-bond acceptors (Lipinski definition) is 5. The number of nitrogens with zero attached hydrogens (tertiary/aromatic N) is 3. The number of carbonyl (C=O) groups excluding carboxylic acids is 1. The van der Waals surface area contributed by atoms with Gasteiger partial charge in [-0.3, -0.25) is 9.48 Å². The quantitative estimate of drug-likeness (QED) is 0.550. The third-order valence-corrected chi connectivity index (χ3v) is 5.93. The van der Waals surface area contributed by atoms with Gasteiger partial charge < -0.3 is 15.8 Å². The van der Waals surface area contributed by atoms with Crippen LogP contribution in [0, 0.1) is 5.82 Å². The van der Waals surface area contributed by atoms with E-state index in [4.69, 9.17) is 10.5 Å². The van der Waals surface area contributed by atoms with Crippen LogP contribution in [-0.2, 0) is 18.4 Å². The first-order valence-electron chi connectivity index (χ1n) is 10.0. The molecule has 1 fully saturated rings. The second kappa shape index (κ2) is 9.15. The fraction of sp³-hybridized carbons (Fsp3) is 0.318. The third-order valence-electron chi connectivity index (χ3n) is 5.44. The summed E-state index contributed by atoms with van der Waals surface area (Å²) in [5, 5.41) is 7.17. The van der Waals surface area contributed by atoms with Crippen LogP contribution in [0.4, 0.5) is 10.2 Å². The van der Waals surface area contributed by atoms with Crippen molar-refractivity contribution in [3.05, 3.63) is 64.3 Å². The third kappa shape index (κ3) is 4.94. The van der Waals surface area contributed by atoms with Crippen molar-refractivity contribution in [2.45, 2.75) is 38.0 Å². The molecule has 7 nitrogen and oxygen atoms in total. The van der Waals surface area contributed by atoms with Crippen molar-refractivity contribution in [2.24, 2.45) is 7.05 Å². The molecule has 1 amide bonds. The molecule has 0 saturated heterocycles. The van der Waals surface area contributed by atoms with E-state index in [-0.39, 0.29) is 36.3 Å². The average molecular weight is 488 g/mol. The zero-order chi connectivity index (χ0) is 22.0. The molecule has 2 unspecified atom stereocenters. The Balaban J connectivity index is 1.43. The van der Waals surface area contributed by atoms with Gasteiger partial charge in [-0.1, -0.05) is 22.0 Å². The minimum Gasteiger partial charge on any atom is -0.383 e. The van der Waals surface area contributed by atoms with Crippen LogP contribution < -0.4 is 11.1 Å². The number of pyridine rings is 1. The molecule has 0 bridgehead atoms. The first-order valence-corrected chi connectivity index (χ1v) is 10.8. The smallest absolute Gasteiger partial charge is 0.255 e. The summed E-state index contributed by atoms with van der Waals surface area (Å²) in [5.74, 6) is -0.456. The number of carbonyl (C=O) groups is 1. The Bertz CT molecular complexity index is 1100.